The molecule has 0 fully saturated rings. The van der Waals surface area contributed by atoms with E-state index in [0.717, 1.165) is 0 Å². The van der Waals surface area contributed by atoms with Crippen LogP contribution in [0.25, 0.3) is 0 Å². The Morgan fingerprint density at radius 1 is 0.931 bits per heavy atom. The second-order valence-electron chi connectivity index (χ2n) is 7.57. The Kier molecular flexibility index (Phi) is 11.4. The zero-order valence-corrected chi connectivity index (χ0v) is 18.2. The molecule has 0 saturated carbocycles. The predicted molar refractivity (Wildman–Crippen MR) is 108 cm³/mol. The average Bonchev–Trinajstić information content (AvgIpc) is 2.61. The molecule has 0 bridgehead atoms. The van der Waals surface area contributed by atoms with E-state index in [9.17, 15) is 18.3 Å². The summed E-state index contributed by atoms with van der Waals surface area (Å²) in [5, 5.41) is 9.20. The second kappa shape index (κ2) is 12.9. The van der Waals surface area contributed by atoms with Gasteiger partial charge in [0.25, 0.3) is 10.1 Å². The van der Waals surface area contributed by atoms with Crippen LogP contribution in [-0.4, -0.2) is 65.7 Å². The number of hydrogen-bond donors (Lipinski definition) is 1. The summed E-state index contributed by atoms with van der Waals surface area (Å²) in [5.41, 5.74) is 0.290. The Bertz CT molecular complexity index is 682. The van der Waals surface area contributed by atoms with Crippen LogP contribution in [0.5, 0.6) is 0 Å². The molecule has 8 nitrogen and oxygen atoms in total. The maximum absolute atomic E-state index is 11.8. The van der Waals surface area contributed by atoms with Crippen molar-refractivity contribution in [2.24, 2.45) is 11.3 Å². The van der Waals surface area contributed by atoms with Crippen LogP contribution >= 0.6 is 0 Å². The molecule has 0 amide bonds. The standard InChI is InChI=1S/C20H32O8S/c1-20(2,3)18(19(21)22)15-27-12-11-25-9-10-26-13-14-28-29(23,24)16-17-7-5-4-6-8-17/h4-8,18H,9-16H2,1-3H3,(H,21,22). The van der Waals surface area contributed by atoms with Gasteiger partial charge < -0.3 is 19.3 Å². The van der Waals surface area contributed by atoms with Crippen molar-refractivity contribution in [3.05, 3.63) is 35.9 Å². The van der Waals surface area contributed by atoms with Gasteiger partial charge in [-0.2, -0.15) is 8.42 Å². The van der Waals surface area contributed by atoms with Crippen molar-refractivity contribution in [3.8, 4) is 0 Å². The zero-order chi connectivity index (χ0) is 21.8. The molecular formula is C20H32O8S. The van der Waals surface area contributed by atoms with Crippen LogP contribution in [0.1, 0.15) is 26.3 Å². The lowest BCUT2D eigenvalue weighted by atomic mass is 9.81. The quantitative estimate of drug-likeness (QED) is 0.332. The Morgan fingerprint density at radius 3 is 1.97 bits per heavy atom. The zero-order valence-electron chi connectivity index (χ0n) is 17.3. The van der Waals surface area contributed by atoms with E-state index in [1.807, 2.05) is 26.8 Å². The molecule has 29 heavy (non-hydrogen) atoms. The molecule has 1 rings (SSSR count). The van der Waals surface area contributed by atoms with Gasteiger partial charge in [0.15, 0.2) is 0 Å². The van der Waals surface area contributed by atoms with Crippen molar-refractivity contribution in [2.75, 3.05) is 46.2 Å². The maximum atomic E-state index is 11.8. The minimum absolute atomic E-state index is 0.0539. The highest BCUT2D eigenvalue weighted by Gasteiger charge is 2.31. The molecule has 0 aromatic heterocycles. The lowest BCUT2D eigenvalue weighted by Gasteiger charge is -2.26. The highest BCUT2D eigenvalue weighted by atomic mass is 32.2. The Balaban J connectivity index is 2.01. The Morgan fingerprint density at radius 2 is 1.45 bits per heavy atom. The first kappa shape index (κ1) is 25.5. The van der Waals surface area contributed by atoms with Crippen LogP contribution in [0, 0.1) is 11.3 Å². The number of carbonyl (C=O) groups is 1. The van der Waals surface area contributed by atoms with Gasteiger partial charge in [0, 0.05) is 0 Å². The number of rotatable bonds is 15. The van der Waals surface area contributed by atoms with E-state index >= 15 is 0 Å². The van der Waals surface area contributed by atoms with Crippen LogP contribution in [0.2, 0.25) is 0 Å². The van der Waals surface area contributed by atoms with Crippen molar-refractivity contribution in [1.82, 2.24) is 0 Å². The number of carboxylic acids is 1. The highest BCUT2D eigenvalue weighted by molar-refractivity contribution is 7.85. The van der Waals surface area contributed by atoms with E-state index in [2.05, 4.69) is 0 Å². The fourth-order valence-corrected chi connectivity index (χ4v) is 3.38. The summed E-state index contributed by atoms with van der Waals surface area (Å²) >= 11 is 0. The molecule has 166 valence electrons. The first-order valence-electron chi connectivity index (χ1n) is 9.49. The van der Waals surface area contributed by atoms with Crippen molar-refractivity contribution in [3.63, 3.8) is 0 Å². The van der Waals surface area contributed by atoms with E-state index in [-0.39, 0.29) is 31.0 Å². The summed E-state index contributed by atoms with van der Waals surface area (Å²) in [6.07, 6.45) is 0. The van der Waals surface area contributed by atoms with Gasteiger partial charge in [-0.05, 0) is 11.0 Å². The second-order valence-corrected chi connectivity index (χ2v) is 9.21. The van der Waals surface area contributed by atoms with Gasteiger partial charge in [0.1, 0.15) is 5.75 Å². The molecule has 0 aliphatic rings. The number of hydrogen-bond acceptors (Lipinski definition) is 7. The third kappa shape index (κ3) is 11.9. The summed E-state index contributed by atoms with van der Waals surface area (Å²) in [5.74, 6) is -1.63. The van der Waals surface area contributed by atoms with Crippen LogP contribution in [0.15, 0.2) is 30.3 Å². The molecule has 1 unspecified atom stereocenters. The molecule has 9 heteroatoms. The van der Waals surface area contributed by atoms with Gasteiger partial charge in [0.2, 0.25) is 0 Å². The van der Waals surface area contributed by atoms with Gasteiger partial charge in [-0.15, -0.1) is 0 Å². The molecule has 0 heterocycles. The smallest absolute Gasteiger partial charge is 0.309 e. The van der Waals surface area contributed by atoms with Crippen molar-refractivity contribution < 1.29 is 36.7 Å². The summed E-state index contributed by atoms with van der Waals surface area (Å²) in [7, 11) is -3.64. The van der Waals surface area contributed by atoms with Crippen molar-refractivity contribution in [2.45, 2.75) is 26.5 Å². The molecule has 1 aromatic carbocycles. The monoisotopic (exact) mass is 432 g/mol. The number of ether oxygens (including phenoxy) is 3. The summed E-state index contributed by atoms with van der Waals surface area (Å²) in [6, 6.07) is 8.81. The van der Waals surface area contributed by atoms with Crippen LogP contribution < -0.4 is 0 Å². The number of aliphatic carboxylic acids is 1. The van der Waals surface area contributed by atoms with Crippen molar-refractivity contribution in [1.29, 1.82) is 0 Å². The van der Waals surface area contributed by atoms with Gasteiger partial charge in [-0.25, -0.2) is 0 Å². The van der Waals surface area contributed by atoms with E-state index in [4.69, 9.17) is 18.4 Å². The van der Waals surface area contributed by atoms with E-state index in [0.29, 0.717) is 32.0 Å². The van der Waals surface area contributed by atoms with Crippen LogP contribution in [-0.2, 0) is 39.1 Å². The molecule has 0 aliphatic heterocycles. The van der Waals surface area contributed by atoms with Crippen molar-refractivity contribution >= 4 is 16.1 Å². The van der Waals surface area contributed by atoms with E-state index in [1.165, 1.54) is 0 Å². The summed E-state index contributed by atoms with van der Waals surface area (Å²) in [6.45, 7) is 7.03. The largest absolute Gasteiger partial charge is 0.481 e. The topological polar surface area (TPSA) is 108 Å². The van der Waals surface area contributed by atoms with Gasteiger partial charge in [-0.1, -0.05) is 51.1 Å². The molecule has 0 aliphatic carbocycles. The summed E-state index contributed by atoms with van der Waals surface area (Å²) in [4.78, 5) is 11.2. The molecule has 1 atom stereocenters. The average molecular weight is 433 g/mol. The van der Waals surface area contributed by atoms with E-state index < -0.39 is 22.0 Å². The maximum Gasteiger partial charge on any atom is 0.309 e. The Hall–Kier alpha value is -1.52. The molecule has 1 aromatic rings. The fourth-order valence-electron chi connectivity index (χ4n) is 2.37. The Labute approximate surface area is 173 Å². The number of carboxylic acid groups (broad SMARTS) is 1. The normalized spacial score (nSPS) is 13.3. The first-order valence-corrected chi connectivity index (χ1v) is 11.1. The summed E-state index contributed by atoms with van der Waals surface area (Å²) < 4.78 is 44.5. The minimum atomic E-state index is -3.64. The lowest BCUT2D eigenvalue weighted by Crippen LogP contribution is -2.32. The van der Waals surface area contributed by atoms with Crippen LogP contribution in [0.3, 0.4) is 0 Å². The third-order valence-corrected chi connectivity index (χ3v) is 5.26. The van der Waals surface area contributed by atoms with E-state index in [1.54, 1.807) is 24.3 Å². The fraction of sp³-hybridized carbons (Fsp3) is 0.650. The molecule has 1 N–H and O–H groups in total. The predicted octanol–water partition coefficient (Wildman–Crippen LogP) is 2.33. The van der Waals surface area contributed by atoms with Crippen LogP contribution in [0.4, 0.5) is 0 Å². The SMILES string of the molecule is CC(C)(C)C(COCCOCCOCCOS(=O)(=O)Cc1ccccc1)C(=O)O. The molecular weight excluding hydrogens is 400 g/mol. The molecule has 0 saturated heterocycles. The highest BCUT2D eigenvalue weighted by Crippen LogP contribution is 2.26. The third-order valence-electron chi connectivity index (χ3n) is 4.05. The first-order chi connectivity index (χ1) is 13.6. The minimum Gasteiger partial charge on any atom is -0.481 e. The van der Waals surface area contributed by atoms with Gasteiger partial charge in [-0.3, -0.25) is 8.98 Å². The van der Waals surface area contributed by atoms with Gasteiger partial charge in [0.05, 0.1) is 52.2 Å². The number of benzene rings is 1. The molecule has 0 spiro atoms. The lowest BCUT2D eigenvalue weighted by molar-refractivity contribution is -0.148. The molecule has 0 radical (unpaired) electrons. The van der Waals surface area contributed by atoms with Gasteiger partial charge >= 0.3 is 5.97 Å².